The molecule has 0 bridgehead atoms. The zero-order chi connectivity index (χ0) is 41.5. The van der Waals surface area contributed by atoms with Gasteiger partial charge in [-0.15, -0.1) is 0 Å². The van der Waals surface area contributed by atoms with E-state index in [-0.39, 0.29) is 31.1 Å². The smallest absolute Gasteiger partial charge is 0.306 e. The van der Waals surface area contributed by atoms with Crippen LogP contribution in [0.1, 0.15) is 213 Å². The first kappa shape index (κ1) is 53.9. The highest BCUT2D eigenvalue weighted by Crippen LogP contribution is 2.13. The monoisotopic (exact) mass is 795 g/mol. The van der Waals surface area contributed by atoms with Crippen LogP contribution in [0.4, 0.5) is 0 Å². The summed E-state index contributed by atoms with van der Waals surface area (Å²) in [6, 6.07) is 0. The van der Waals surface area contributed by atoms with Gasteiger partial charge in [-0.05, 0) is 89.9 Å². The number of hydrogen-bond acceptors (Lipinski definition) is 6. The van der Waals surface area contributed by atoms with Crippen LogP contribution in [-0.2, 0) is 28.6 Å². The molecule has 0 aromatic heterocycles. The van der Waals surface area contributed by atoms with Crippen molar-refractivity contribution in [1.29, 1.82) is 0 Å². The van der Waals surface area contributed by atoms with E-state index in [1.807, 2.05) is 0 Å². The maximum atomic E-state index is 12.7. The van der Waals surface area contributed by atoms with E-state index in [2.05, 4.69) is 93.7 Å². The molecular formula is C51H86O6. The second-order valence-corrected chi connectivity index (χ2v) is 15.3. The number of ether oxygens (including phenoxy) is 3. The Labute approximate surface area is 351 Å². The van der Waals surface area contributed by atoms with Crippen molar-refractivity contribution in [3.8, 4) is 0 Å². The van der Waals surface area contributed by atoms with E-state index in [1.54, 1.807) is 0 Å². The number of carbonyl (C=O) groups excluding carboxylic acids is 3. The summed E-state index contributed by atoms with van der Waals surface area (Å²) >= 11 is 0. The lowest BCUT2D eigenvalue weighted by Gasteiger charge is -2.18. The van der Waals surface area contributed by atoms with E-state index >= 15 is 0 Å². The molecule has 0 fully saturated rings. The summed E-state index contributed by atoms with van der Waals surface area (Å²) in [5.74, 6) is -0.933. The number of rotatable bonds is 41. The lowest BCUT2D eigenvalue weighted by molar-refractivity contribution is -0.167. The highest BCUT2D eigenvalue weighted by molar-refractivity contribution is 5.71. The molecule has 0 heterocycles. The maximum Gasteiger partial charge on any atom is 0.306 e. The van der Waals surface area contributed by atoms with Gasteiger partial charge in [0.25, 0.3) is 0 Å². The van der Waals surface area contributed by atoms with E-state index in [0.717, 1.165) is 128 Å². The van der Waals surface area contributed by atoms with Crippen LogP contribution in [0.2, 0.25) is 0 Å². The molecule has 0 saturated carbocycles. The van der Waals surface area contributed by atoms with E-state index < -0.39 is 6.10 Å². The Morgan fingerprint density at radius 3 is 1.11 bits per heavy atom. The fourth-order valence-corrected chi connectivity index (χ4v) is 6.17. The van der Waals surface area contributed by atoms with Crippen LogP contribution < -0.4 is 0 Å². The number of esters is 3. The predicted molar refractivity (Wildman–Crippen MR) is 242 cm³/mol. The van der Waals surface area contributed by atoms with Crippen molar-refractivity contribution in [2.75, 3.05) is 13.2 Å². The Balaban J connectivity index is 4.24. The molecule has 326 valence electrons. The van der Waals surface area contributed by atoms with Crippen LogP contribution in [0.15, 0.2) is 72.9 Å². The van der Waals surface area contributed by atoms with Gasteiger partial charge in [-0.2, -0.15) is 0 Å². The molecule has 0 aromatic rings. The molecule has 0 aliphatic heterocycles. The Kier molecular flexibility index (Phi) is 43.0. The minimum atomic E-state index is -0.782. The molecular weight excluding hydrogens is 709 g/mol. The van der Waals surface area contributed by atoms with Gasteiger partial charge in [-0.1, -0.05) is 177 Å². The largest absolute Gasteiger partial charge is 0.462 e. The van der Waals surface area contributed by atoms with Crippen molar-refractivity contribution >= 4 is 17.9 Å². The molecule has 0 spiro atoms. The third kappa shape index (κ3) is 43.8. The topological polar surface area (TPSA) is 78.9 Å². The van der Waals surface area contributed by atoms with Crippen LogP contribution in [-0.4, -0.2) is 37.2 Å². The Morgan fingerprint density at radius 1 is 0.368 bits per heavy atom. The van der Waals surface area contributed by atoms with Gasteiger partial charge in [0.1, 0.15) is 13.2 Å². The SMILES string of the molecule is CC/C=C\C/C=C\C/C=C\C/C=C\C/C=C\CCCCCCCC(=O)OCC(COC(=O)CCCCCCC)OC(=O)CCCCCCC/C=C\CCCCCC. The minimum Gasteiger partial charge on any atom is -0.462 e. The molecule has 6 nitrogen and oxygen atoms in total. The van der Waals surface area contributed by atoms with Crippen molar-refractivity contribution in [2.24, 2.45) is 0 Å². The lowest BCUT2D eigenvalue weighted by Crippen LogP contribution is -2.30. The zero-order valence-corrected chi connectivity index (χ0v) is 37.1. The van der Waals surface area contributed by atoms with Gasteiger partial charge in [-0.3, -0.25) is 14.4 Å². The molecule has 1 unspecified atom stereocenters. The summed E-state index contributed by atoms with van der Waals surface area (Å²) in [6.45, 7) is 6.38. The molecule has 1 atom stereocenters. The molecule has 0 aliphatic carbocycles. The van der Waals surface area contributed by atoms with Crippen molar-refractivity contribution in [3.63, 3.8) is 0 Å². The highest BCUT2D eigenvalue weighted by atomic mass is 16.6. The molecule has 0 amide bonds. The molecule has 6 heteroatoms. The average molecular weight is 795 g/mol. The first-order chi connectivity index (χ1) is 28.0. The van der Waals surface area contributed by atoms with Crippen LogP contribution in [0.3, 0.4) is 0 Å². The number of hydrogen-bond donors (Lipinski definition) is 0. The van der Waals surface area contributed by atoms with Gasteiger partial charge in [0.15, 0.2) is 6.10 Å². The van der Waals surface area contributed by atoms with Gasteiger partial charge >= 0.3 is 17.9 Å². The van der Waals surface area contributed by atoms with Gasteiger partial charge in [0, 0.05) is 19.3 Å². The van der Waals surface area contributed by atoms with E-state index in [1.165, 1.54) is 44.9 Å². The molecule has 0 saturated heterocycles. The quantitative estimate of drug-likeness (QED) is 0.0265. The first-order valence-electron chi connectivity index (χ1n) is 23.4. The van der Waals surface area contributed by atoms with Gasteiger partial charge in [0.2, 0.25) is 0 Å². The van der Waals surface area contributed by atoms with E-state index in [9.17, 15) is 14.4 Å². The molecule has 0 aromatic carbocycles. The fourth-order valence-electron chi connectivity index (χ4n) is 6.17. The standard InChI is InChI=1S/C51H86O6/c1-4-7-10-13-15-17-19-21-22-23-24-25-26-27-28-30-31-33-35-38-41-44-50(53)56-47-48(46-55-49(52)43-40-37-12-9-6-3)57-51(54)45-42-39-36-34-32-29-20-18-16-14-11-8-5-2/h7,10,15,17-18,20-22,24-25,27-28,48H,4-6,8-9,11-14,16,19,23,26,29-47H2,1-3H3/b10-7-,17-15-,20-18-,22-21-,25-24-,28-27-. The molecule has 0 radical (unpaired) electrons. The maximum absolute atomic E-state index is 12.7. The Bertz CT molecular complexity index is 1100. The molecule has 0 aliphatic rings. The molecule has 57 heavy (non-hydrogen) atoms. The summed E-state index contributed by atoms with van der Waals surface area (Å²) in [7, 11) is 0. The van der Waals surface area contributed by atoms with E-state index in [4.69, 9.17) is 14.2 Å². The second kappa shape index (κ2) is 45.6. The summed E-state index contributed by atoms with van der Waals surface area (Å²) < 4.78 is 16.6. The Hall–Kier alpha value is -3.15. The van der Waals surface area contributed by atoms with Crippen molar-refractivity contribution in [2.45, 2.75) is 219 Å². The predicted octanol–water partition coefficient (Wildman–Crippen LogP) is 15.1. The fraction of sp³-hybridized carbons (Fsp3) is 0.706. The van der Waals surface area contributed by atoms with Crippen LogP contribution in [0.5, 0.6) is 0 Å². The van der Waals surface area contributed by atoms with Gasteiger partial charge in [0.05, 0.1) is 0 Å². The minimum absolute atomic E-state index is 0.0865. The second-order valence-electron chi connectivity index (χ2n) is 15.3. The van der Waals surface area contributed by atoms with Crippen molar-refractivity contribution in [1.82, 2.24) is 0 Å². The van der Waals surface area contributed by atoms with Crippen LogP contribution >= 0.6 is 0 Å². The Morgan fingerprint density at radius 2 is 0.684 bits per heavy atom. The summed E-state index contributed by atoms with van der Waals surface area (Å²) in [5, 5.41) is 0. The number of allylic oxidation sites excluding steroid dienone is 12. The summed E-state index contributed by atoms with van der Waals surface area (Å²) in [4.78, 5) is 37.5. The third-order valence-corrected chi connectivity index (χ3v) is 9.70. The van der Waals surface area contributed by atoms with E-state index in [0.29, 0.717) is 19.3 Å². The van der Waals surface area contributed by atoms with Gasteiger partial charge < -0.3 is 14.2 Å². The molecule has 0 rings (SSSR count). The lowest BCUT2D eigenvalue weighted by atomic mass is 10.1. The number of unbranched alkanes of at least 4 members (excludes halogenated alkanes) is 18. The third-order valence-electron chi connectivity index (χ3n) is 9.70. The first-order valence-corrected chi connectivity index (χ1v) is 23.4. The van der Waals surface area contributed by atoms with Crippen LogP contribution in [0.25, 0.3) is 0 Å². The van der Waals surface area contributed by atoms with Gasteiger partial charge in [-0.25, -0.2) is 0 Å². The summed E-state index contributed by atoms with van der Waals surface area (Å²) in [6.07, 6.45) is 56.3. The van der Waals surface area contributed by atoms with Crippen LogP contribution in [0, 0.1) is 0 Å². The summed E-state index contributed by atoms with van der Waals surface area (Å²) in [5.41, 5.74) is 0. The zero-order valence-electron chi connectivity index (χ0n) is 37.1. The normalized spacial score (nSPS) is 12.7. The van der Waals surface area contributed by atoms with Crippen molar-refractivity contribution < 1.29 is 28.6 Å². The highest BCUT2D eigenvalue weighted by Gasteiger charge is 2.19. The number of carbonyl (C=O) groups is 3. The van der Waals surface area contributed by atoms with Crippen molar-refractivity contribution in [3.05, 3.63) is 72.9 Å². The molecule has 0 N–H and O–H groups in total. The average Bonchev–Trinajstić information content (AvgIpc) is 3.21.